The van der Waals surface area contributed by atoms with Gasteiger partial charge in [-0.1, -0.05) is 17.2 Å². The number of terminal acetylenes is 1. The fourth-order valence-corrected chi connectivity index (χ4v) is 1.56. The molecule has 1 aliphatic heterocycles. The highest BCUT2D eigenvalue weighted by molar-refractivity contribution is 5.45. The van der Waals surface area contributed by atoms with Gasteiger partial charge < -0.3 is 0 Å². The van der Waals surface area contributed by atoms with E-state index in [4.69, 9.17) is 6.42 Å². The minimum absolute atomic E-state index is 0.817. The number of hydrogen-bond donors (Lipinski definition) is 0. The van der Waals surface area contributed by atoms with Crippen LogP contribution in [-0.4, -0.2) is 18.1 Å². The van der Waals surface area contributed by atoms with Gasteiger partial charge >= 0.3 is 0 Å². The van der Waals surface area contributed by atoms with E-state index in [1.54, 1.807) is 0 Å². The van der Waals surface area contributed by atoms with Gasteiger partial charge in [-0.2, -0.15) is 0 Å². The quantitative estimate of drug-likeness (QED) is 0.531. The van der Waals surface area contributed by atoms with Crippen LogP contribution in [0.15, 0.2) is 34.6 Å². The lowest BCUT2D eigenvalue weighted by Gasteiger charge is -2.06. The average Bonchev–Trinajstić information content (AvgIpc) is 2.79. The highest BCUT2D eigenvalue weighted by Gasteiger charge is 2.08. The van der Waals surface area contributed by atoms with Crippen LogP contribution in [0.5, 0.6) is 0 Å². The van der Waals surface area contributed by atoms with Crippen molar-refractivity contribution in [3.05, 3.63) is 29.8 Å². The van der Waals surface area contributed by atoms with Gasteiger partial charge in [0.1, 0.15) is 0 Å². The van der Waals surface area contributed by atoms with Crippen LogP contribution in [-0.2, 0) is 0 Å². The average molecular weight is 199 g/mol. The molecule has 1 aromatic rings. The van der Waals surface area contributed by atoms with Crippen molar-refractivity contribution in [1.82, 2.24) is 5.01 Å². The molecule has 0 saturated carbocycles. The molecule has 15 heavy (non-hydrogen) atoms. The third-order valence-corrected chi connectivity index (χ3v) is 2.38. The van der Waals surface area contributed by atoms with Gasteiger partial charge in [0.2, 0.25) is 0 Å². The van der Waals surface area contributed by atoms with Crippen molar-refractivity contribution in [2.24, 2.45) is 10.3 Å². The highest BCUT2D eigenvalue weighted by Crippen LogP contribution is 2.16. The summed E-state index contributed by atoms with van der Waals surface area (Å²) in [6.07, 6.45) is 7.73. The van der Waals surface area contributed by atoms with Crippen LogP contribution < -0.4 is 0 Å². The summed E-state index contributed by atoms with van der Waals surface area (Å²) in [5.74, 6) is 2.58. The molecule has 0 amide bonds. The van der Waals surface area contributed by atoms with Crippen molar-refractivity contribution in [3.8, 4) is 12.3 Å². The molecule has 0 spiro atoms. The SMILES string of the molecule is C#Cc1cccc(N=NN2CCCC2)c1. The molecular weight excluding hydrogens is 186 g/mol. The molecule has 1 fully saturated rings. The van der Waals surface area contributed by atoms with Crippen LogP contribution in [0.3, 0.4) is 0 Å². The third-order valence-electron chi connectivity index (χ3n) is 2.38. The largest absolute Gasteiger partial charge is 0.278 e. The van der Waals surface area contributed by atoms with E-state index >= 15 is 0 Å². The Hall–Kier alpha value is -1.82. The van der Waals surface area contributed by atoms with Crippen molar-refractivity contribution in [1.29, 1.82) is 0 Å². The van der Waals surface area contributed by atoms with Crippen LogP contribution in [0.1, 0.15) is 18.4 Å². The van der Waals surface area contributed by atoms with Crippen LogP contribution in [0.2, 0.25) is 0 Å². The number of nitrogens with zero attached hydrogens (tertiary/aromatic N) is 3. The first-order chi connectivity index (χ1) is 7.38. The molecule has 0 N–H and O–H groups in total. The van der Waals surface area contributed by atoms with E-state index in [-0.39, 0.29) is 0 Å². The summed E-state index contributed by atoms with van der Waals surface area (Å²) in [5, 5.41) is 10.3. The molecule has 1 aliphatic rings. The predicted octanol–water partition coefficient (Wildman–Crippen LogP) is 2.76. The maximum absolute atomic E-state index is 5.30. The molecule has 0 bridgehead atoms. The summed E-state index contributed by atoms with van der Waals surface area (Å²) in [7, 11) is 0. The lowest BCUT2D eigenvalue weighted by molar-refractivity contribution is 0.336. The number of rotatable bonds is 2. The predicted molar refractivity (Wildman–Crippen MR) is 59.7 cm³/mol. The van der Waals surface area contributed by atoms with Gasteiger partial charge in [-0.15, -0.1) is 11.5 Å². The molecule has 3 heteroatoms. The Bertz CT molecular complexity index is 398. The zero-order valence-electron chi connectivity index (χ0n) is 8.56. The maximum Gasteiger partial charge on any atom is 0.0886 e. The Morgan fingerprint density at radius 3 is 2.80 bits per heavy atom. The van der Waals surface area contributed by atoms with E-state index < -0.39 is 0 Å². The van der Waals surface area contributed by atoms with Crippen LogP contribution >= 0.6 is 0 Å². The minimum atomic E-state index is 0.817. The number of benzene rings is 1. The van der Waals surface area contributed by atoms with E-state index in [0.29, 0.717) is 0 Å². The summed E-state index contributed by atoms with van der Waals surface area (Å²) in [6, 6.07) is 7.54. The summed E-state index contributed by atoms with van der Waals surface area (Å²) in [5.41, 5.74) is 1.66. The Morgan fingerprint density at radius 1 is 1.27 bits per heavy atom. The van der Waals surface area contributed by atoms with Crippen molar-refractivity contribution in [2.75, 3.05) is 13.1 Å². The van der Waals surface area contributed by atoms with Gasteiger partial charge in [0, 0.05) is 18.7 Å². The second kappa shape index (κ2) is 4.61. The van der Waals surface area contributed by atoms with Crippen molar-refractivity contribution < 1.29 is 0 Å². The first-order valence-electron chi connectivity index (χ1n) is 5.12. The fourth-order valence-electron chi connectivity index (χ4n) is 1.56. The molecule has 1 saturated heterocycles. The fraction of sp³-hybridized carbons (Fsp3) is 0.333. The van der Waals surface area contributed by atoms with Gasteiger partial charge in [-0.25, -0.2) is 0 Å². The Balaban J connectivity index is 2.06. The zero-order valence-corrected chi connectivity index (χ0v) is 8.56. The van der Waals surface area contributed by atoms with Gasteiger partial charge in [0.05, 0.1) is 5.69 Å². The molecule has 0 atom stereocenters. The number of hydrogen-bond acceptors (Lipinski definition) is 2. The zero-order chi connectivity index (χ0) is 10.5. The van der Waals surface area contributed by atoms with E-state index in [2.05, 4.69) is 16.3 Å². The molecule has 3 nitrogen and oxygen atoms in total. The Morgan fingerprint density at radius 2 is 2.07 bits per heavy atom. The molecule has 2 rings (SSSR count). The maximum atomic E-state index is 5.30. The molecule has 0 aliphatic carbocycles. The van der Waals surface area contributed by atoms with E-state index in [9.17, 15) is 0 Å². The van der Waals surface area contributed by atoms with E-state index in [0.717, 1.165) is 24.3 Å². The highest BCUT2D eigenvalue weighted by atomic mass is 15.5. The van der Waals surface area contributed by atoms with Gasteiger partial charge in [-0.3, -0.25) is 5.01 Å². The smallest absolute Gasteiger partial charge is 0.0886 e. The van der Waals surface area contributed by atoms with Crippen LogP contribution in [0, 0.1) is 12.3 Å². The normalized spacial score (nSPS) is 15.8. The van der Waals surface area contributed by atoms with Crippen molar-refractivity contribution >= 4 is 5.69 Å². The monoisotopic (exact) mass is 199 g/mol. The lowest BCUT2D eigenvalue weighted by Crippen LogP contribution is -2.09. The molecule has 76 valence electrons. The summed E-state index contributed by atoms with van der Waals surface area (Å²) in [6.45, 7) is 2.02. The van der Waals surface area contributed by atoms with E-state index in [1.165, 1.54) is 12.8 Å². The molecule has 1 aromatic carbocycles. The van der Waals surface area contributed by atoms with Gasteiger partial charge in [-0.05, 0) is 31.0 Å². The molecule has 0 unspecified atom stereocenters. The lowest BCUT2D eigenvalue weighted by atomic mass is 10.2. The summed E-state index contributed by atoms with van der Waals surface area (Å²) >= 11 is 0. The van der Waals surface area contributed by atoms with E-state index in [1.807, 2.05) is 29.3 Å². The molecular formula is C12H13N3. The molecule has 0 aromatic heterocycles. The van der Waals surface area contributed by atoms with Gasteiger partial charge in [0.15, 0.2) is 0 Å². The summed E-state index contributed by atoms with van der Waals surface area (Å²) < 4.78 is 0. The Labute approximate surface area is 89.8 Å². The second-order valence-corrected chi connectivity index (χ2v) is 3.54. The standard InChI is InChI=1S/C12H13N3/c1-2-11-6-5-7-12(10-11)13-14-15-8-3-4-9-15/h1,5-7,10H,3-4,8-9H2. The molecule has 0 radical (unpaired) electrons. The summed E-state index contributed by atoms with van der Waals surface area (Å²) in [4.78, 5) is 0. The van der Waals surface area contributed by atoms with Crippen LogP contribution in [0.4, 0.5) is 5.69 Å². The second-order valence-electron chi connectivity index (χ2n) is 3.54. The van der Waals surface area contributed by atoms with Crippen LogP contribution in [0.25, 0.3) is 0 Å². The first-order valence-corrected chi connectivity index (χ1v) is 5.12. The van der Waals surface area contributed by atoms with Crippen molar-refractivity contribution in [3.63, 3.8) is 0 Å². The topological polar surface area (TPSA) is 28.0 Å². The van der Waals surface area contributed by atoms with Crippen molar-refractivity contribution in [2.45, 2.75) is 12.8 Å². The Kier molecular flexibility index (Phi) is 2.99. The minimum Gasteiger partial charge on any atom is -0.278 e. The van der Waals surface area contributed by atoms with Gasteiger partial charge in [0.25, 0.3) is 0 Å². The third kappa shape index (κ3) is 2.57. The first kappa shape index (κ1) is 9.72. The molecule has 1 heterocycles.